The normalized spacial score (nSPS) is 7.04. The van der Waals surface area contributed by atoms with Crippen molar-refractivity contribution in [3.63, 3.8) is 0 Å². The topological polar surface area (TPSA) is 170 Å². The van der Waals surface area contributed by atoms with Crippen molar-refractivity contribution < 1.29 is 14.4 Å². The SMILES string of the molecule is Cc1cccc2c1-c1ccccc1-2.N#CC#N.N=C=O.N=C=O.N=C=O. The largest absolute Gasteiger partial charge is 0.231 e. The van der Waals surface area contributed by atoms with Gasteiger partial charge in [-0.1, -0.05) is 42.5 Å². The molecule has 1 aliphatic carbocycles. The number of fused-ring (bicyclic) bond motifs is 4. The van der Waals surface area contributed by atoms with Gasteiger partial charge in [0.15, 0.2) is 12.1 Å². The van der Waals surface area contributed by atoms with E-state index in [0.717, 1.165) is 18.2 Å². The summed E-state index contributed by atoms with van der Waals surface area (Å²) >= 11 is 0. The van der Waals surface area contributed by atoms with E-state index in [2.05, 4.69) is 49.4 Å². The Morgan fingerprint density at radius 1 is 0.692 bits per heavy atom. The van der Waals surface area contributed by atoms with Gasteiger partial charge in [-0.25, -0.2) is 30.6 Å². The molecular weight excluding hydrogens is 334 g/mol. The fourth-order valence-corrected chi connectivity index (χ4v) is 2.12. The smallest absolute Gasteiger partial charge is 0.222 e. The van der Waals surface area contributed by atoms with Crippen molar-refractivity contribution in [3.8, 4) is 34.4 Å². The van der Waals surface area contributed by atoms with Gasteiger partial charge in [0.05, 0.1) is 0 Å². The molecule has 8 heteroatoms. The first-order chi connectivity index (χ1) is 12.5. The second-order valence-electron chi connectivity index (χ2n) is 4.07. The molecule has 2 aromatic rings. The van der Waals surface area contributed by atoms with Crippen LogP contribution < -0.4 is 0 Å². The Labute approximate surface area is 149 Å². The molecule has 1 aliphatic rings. The van der Waals surface area contributed by atoms with Gasteiger partial charge in [-0.05, 0) is 34.7 Å². The molecule has 0 spiro atoms. The number of nitrogens with one attached hydrogen (secondary N) is 3. The Balaban J connectivity index is 0. The minimum atomic E-state index is 0.750. The number of hydrogen-bond donors (Lipinski definition) is 3. The fourth-order valence-electron chi connectivity index (χ4n) is 2.12. The predicted molar refractivity (Wildman–Crippen MR) is 92.1 cm³/mol. The maximum Gasteiger partial charge on any atom is 0.231 e. The van der Waals surface area contributed by atoms with Crippen LogP contribution in [0.25, 0.3) is 22.3 Å². The molecule has 128 valence electrons. The number of aryl methyl sites for hydroxylation is 1. The van der Waals surface area contributed by atoms with Crippen LogP contribution in [0.3, 0.4) is 0 Å². The summed E-state index contributed by atoms with van der Waals surface area (Å²) in [5, 5.41) is 30.7. The summed E-state index contributed by atoms with van der Waals surface area (Å²) in [6.07, 6.45) is 2.25. The van der Waals surface area contributed by atoms with Crippen molar-refractivity contribution in [2.75, 3.05) is 0 Å². The Morgan fingerprint density at radius 3 is 1.50 bits per heavy atom. The number of carbonyl (C=O) groups excluding carboxylic acids is 3. The number of rotatable bonds is 0. The van der Waals surface area contributed by atoms with Gasteiger partial charge in [0, 0.05) is 0 Å². The van der Waals surface area contributed by atoms with Crippen molar-refractivity contribution in [2.24, 2.45) is 0 Å². The summed E-state index contributed by atoms with van der Waals surface area (Å²) in [6, 6.07) is 17.6. The molecule has 0 bridgehead atoms. The summed E-state index contributed by atoms with van der Waals surface area (Å²) in [7, 11) is 0. The van der Waals surface area contributed by atoms with E-state index in [-0.39, 0.29) is 0 Å². The average Bonchev–Trinajstić information content (AvgIpc) is 2.62. The number of isocyanates is 3. The molecule has 0 saturated carbocycles. The predicted octanol–water partition coefficient (Wildman–Crippen LogP) is 3.38. The van der Waals surface area contributed by atoms with Gasteiger partial charge >= 0.3 is 0 Å². The zero-order valence-corrected chi connectivity index (χ0v) is 13.7. The molecule has 0 aliphatic heterocycles. The van der Waals surface area contributed by atoms with Crippen molar-refractivity contribution in [1.29, 1.82) is 26.8 Å². The Hall–Kier alpha value is -4.44. The second kappa shape index (κ2) is 15.5. The number of hydrogen-bond acceptors (Lipinski definition) is 8. The van der Waals surface area contributed by atoms with Gasteiger partial charge < -0.3 is 0 Å². The molecule has 0 heterocycles. The molecular formula is C18H13N5O3. The second-order valence-corrected chi connectivity index (χ2v) is 4.07. The summed E-state index contributed by atoms with van der Waals surface area (Å²) in [5.74, 6) is 0. The van der Waals surface area contributed by atoms with E-state index >= 15 is 0 Å². The lowest BCUT2D eigenvalue weighted by molar-refractivity contribution is 0.562. The third-order valence-corrected chi connectivity index (χ3v) is 2.81. The van der Waals surface area contributed by atoms with Crippen LogP contribution in [0, 0.1) is 45.8 Å². The summed E-state index contributed by atoms with van der Waals surface area (Å²) in [6.45, 7) is 2.18. The van der Waals surface area contributed by atoms with Crippen molar-refractivity contribution in [3.05, 3.63) is 48.0 Å². The maximum atomic E-state index is 8.35. The van der Waals surface area contributed by atoms with E-state index in [1.807, 2.05) is 0 Å². The molecule has 0 fully saturated rings. The van der Waals surface area contributed by atoms with E-state index in [4.69, 9.17) is 41.1 Å². The van der Waals surface area contributed by atoms with Crippen LogP contribution >= 0.6 is 0 Å². The van der Waals surface area contributed by atoms with Crippen molar-refractivity contribution in [2.45, 2.75) is 6.92 Å². The van der Waals surface area contributed by atoms with E-state index in [1.165, 1.54) is 40.0 Å². The Morgan fingerprint density at radius 2 is 1.08 bits per heavy atom. The van der Waals surface area contributed by atoms with Crippen molar-refractivity contribution >= 4 is 18.2 Å². The average molecular weight is 347 g/mol. The summed E-state index contributed by atoms with van der Waals surface area (Å²) in [5.41, 5.74) is 7.06. The number of nitrogens with zero attached hydrogens (tertiary/aromatic N) is 2. The lowest BCUT2D eigenvalue weighted by Crippen LogP contribution is -1.99. The highest BCUT2D eigenvalue weighted by atomic mass is 16.1. The number of nitriles is 2. The highest BCUT2D eigenvalue weighted by molar-refractivity contribution is 6.03. The van der Waals surface area contributed by atoms with E-state index in [0.29, 0.717) is 0 Å². The van der Waals surface area contributed by atoms with Gasteiger partial charge in [-0.15, -0.1) is 0 Å². The van der Waals surface area contributed by atoms with Crippen molar-refractivity contribution in [1.82, 2.24) is 0 Å². The van der Waals surface area contributed by atoms with E-state index in [1.54, 1.807) is 0 Å². The van der Waals surface area contributed by atoms with Crippen LogP contribution in [0.2, 0.25) is 0 Å². The molecule has 0 radical (unpaired) electrons. The van der Waals surface area contributed by atoms with Crippen LogP contribution in [-0.4, -0.2) is 18.2 Å². The minimum Gasteiger partial charge on any atom is -0.222 e. The standard InChI is InChI=1S/C13H10.C2N2.3CHNO/c1-9-5-4-8-12-10-6-2-3-7-11(10)13(9)12;3-1-2-4;3*2-1-3/h2-8H,1H3;;3*2H. The van der Waals surface area contributed by atoms with E-state index < -0.39 is 0 Å². The van der Waals surface area contributed by atoms with Gasteiger partial charge in [0.1, 0.15) is 0 Å². The summed E-state index contributed by atoms with van der Waals surface area (Å²) < 4.78 is 0. The molecule has 0 unspecified atom stereocenters. The molecule has 3 N–H and O–H groups in total. The zero-order valence-electron chi connectivity index (χ0n) is 13.7. The zero-order chi connectivity index (χ0) is 20.4. The van der Waals surface area contributed by atoms with E-state index in [9.17, 15) is 0 Å². The van der Waals surface area contributed by atoms with Crippen LogP contribution in [0.15, 0.2) is 42.5 Å². The first-order valence-electron chi connectivity index (χ1n) is 6.63. The maximum absolute atomic E-state index is 8.35. The number of benzene rings is 2. The highest BCUT2D eigenvalue weighted by Gasteiger charge is 2.22. The van der Waals surface area contributed by atoms with Gasteiger partial charge in [-0.2, -0.15) is 10.5 Å². The molecule has 0 atom stereocenters. The van der Waals surface area contributed by atoms with Crippen LogP contribution in [0.5, 0.6) is 0 Å². The Bertz CT molecular complexity index is 865. The molecule has 8 nitrogen and oxygen atoms in total. The lowest BCUT2D eigenvalue weighted by atomic mass is 9.78. The fraction of sp³-hybridized carbons (Fsp3) is 0.0556. The third kappa shape index (κ3) is 7.71. The van der Waals surface area contributed by atoms with Gasteiger partial charge in [0.25, 0.3) is 0 Å². The summed E-state index contributed by atoms with van der Waals surface area (Å²) in [4.78, 5) is 25.0. The van der Waals surface area contributed by atoms with Gasteiger partial charge in [0.2, 0.25) is 18.2 Å². The quantitative estimate of drug-likeness (QED) is 0.417. The molecule has 3 rings (SSSR count). The molecule has 2 aromatic carbocycles. The van der Waals surface area contributed by atoms with Gasteiger partial charge in [-0.3, -0.25) is 0 Å². The molecule has 0 aromatic heterocycles. The Kier molecular flexibility index (Phi) is 14.2. The minimum absolute atomic E-state index is 0.750. The van der Waals surface area contributed by atoms with Crippen LogP contribution in [-0.2, 0) is 14.4 Å². The molecule has 26 heavy (non-hydrogen) atoms. The lowest BCUT2D eigenvalue weighted by Gasteiger charge is -2.25. The monoisotopic (exact) mass is 347 g/mol. The first kappa shape index (κ1) is 23.8. The third-order valence-electron chi connectivity index (χ3n) is 2.81. The molecule has 0 amide bonds. The molecule has 0 saturated heterocycles. The highest BCUT2D eigenvalue weighted by Crippen LogP contribution is 2.48. The van der Waals surface area contributed by atoms with Crippen LogP contribution in [0.1, 0.15) is 5.56 Å². The van der Waals surface area contributed by atoms with Crippen LogP contribution in [0.4, 0.5) is 0 Å². The first-order valence-corrected chi connectivity index (χ1v) is 6.63.